The monoisotopic (exact) mass is 743 g/mol. The number of nitrogens with zero attached hydrogens (tertiary/aromatic N) is 5. The van der Waals surface area contributed by atoms with Gasteiger partial charge in [0.1, 0.15) is 10.6 Å². The lowest BCUT2D eigenvalue weighted by Crippen LogP contribution is -2.70. The van der Waals surface area contributed by atoms with Crippen LogP contribution in [0, 0.1) is 6.92 Å². The second-order valence-corrected chi connectivity index (χ2v) is 17.2. The summed E-state index contributed by atoms with van der Waals surface area (Å²) in [5, 5.41) is 7.46. The normalized spacial score (nSPS) is 18.1. The molecule has 52 heavy (non-hydrogen) atoms. The SMILES string of the molecule is CCOC(=O)[C@@H](OC(C)(C)C)c1c(C)cc2nc(-c3ccc4c(c3)c(N3CC5CC(C3)N5C(=O)OC(C)(C)C)nn4C)sc2c1-c1ccc(Cl)cc1. The number of hydrogen-bond acceptors (Lipinski definition) is 9. The standard InChI is InChI=1S/C40H46ClN5O5S/c1-10-49-37(47)33(50-39(3,4)5)31-22(2)17-29-34(32(31)23-11-14-25(41)15-12-23)52-36(42-29)24-13-16-30-28(18-24)35(43-44(30)9)45-20-26-19-27(21-45)46(26)38(48)51-40(6,7)8/h11-18,26-27,33H,10,19-21H2,1-9H3/t26?,27?,33-/m0/s1. The van der Waals surface area contributed by atoms with Crippen molar-refractivity contribution in [1.29, 1.82) is 0 Å². The molecule has 3 atom stereocenters. The molecule has 3 aliphatic heterocycles. The van der Waals surface area contributed by atoms with E-state index in [4.69, 9.17) is 35.9 Å². The van der Waals surface area contributed by atoms with Crippen LogP contribution in [-0.4, -0.2) is 74.7 Å². The number of amides is 1. The van der Waals surface area contributed by atoms with E-state index in [1.165, 1.54) is 0 Å². The Hall–Kier alpha value is -4.19. The molecule has 5 heterocycles. The van der Waals surface area contributed by atoms with Crippen molar-refractivity contribution >= 4 is 61.9 Å². The molecule has 3 saturated heterocycles. The summed E-state index contributed by atoms with van der Waals surface area (Å²) in [4.78, 5) is 35.9. The number of ether oxygens (including phenoxy) is 3. The summed E-state index contributed by atoms with van der Waals surface area (Å²) in [5.74, 6) is 0.467. The Kier molecular flexibility index (Phi) is 9.28. The largest absolute Gasteiger partial charge is 0.464 e. The van der Waals surface area contributed by atoms with E-state index >= 15 is 0 Å². The van der Waals surface area contributed by atoms with Crippen LogP contribution >= 0.6 is 22.9 Å². The first-order valence-corrected chi connectivity index (χ1v) is 19.0. The summed E-state index contributed by atoms with van der Waals surface area (Å²) in [6.45, 7) is 16.9. The van der Waals surface area contributed by atoms with E-state index in [1.807, 2.05) is 95.4 Å². The van der Waals surface area contributed by atoms with E-state index in [2.05, 4.69) is 23.1 Å². The molecular weight excluding hydrogens is 698 g/mol. The number of halogens is 1. The highest BCUT2D eigenvalue weighted by Crippen LogP contribution is 2.45. The Labute approximate surface area is 313 Å². The lowest BCUT2D eigenvalue weighted by molar-refractivity contribution is -0.166. The molecular formula is C40H46ClN5O5S. The molecule has 0 saturated carbocycles. The fourth-order valence-corrected chi connectivity index (χ4v) is 8.63. The fourth-order valence-electron chi connectivity index (χ4n) is 7.38. The van der Waals surface area contributed by atoms with Gasteiger partial charge in [-0.25, -0.2) is 14.6 Å². The van der Waals surface area contributed by atoms with E-state index in [9.17, 15) is 9.59 Å². The third-order valence-electron chi connectivity index (χ3n) is 9.47. The number of benzene rings is 3. The number of piperazine rings is 1. The molecule has 8 rings (SSSR count). The minimum Gasteiger partial charge on any atom is -0.464 e. The van der Waals surface area contributed by atoms with E-state index in [0.29, 0.717) is 18.1 Å². The van der Waals surface area contributed by atoms with E-state index < -0.39 is 23.3 Å². The third-order valence-corrected chi connectivity index (χ3v) is 10.9. The molecule has 10 nitrogen and oxygen atoms in total. The predicted molar refractivity (Wildman–Crippen MR) is 207 cm³/mol. The van der Waals surface area contributed by atoms with Gasteiger partial charge >= 0.3 is 12.1 Å². The molecule has 2 aromatic heterocycles. The van der Waals surface area contributed by atoms with Gasteiger partial charge in [-0.15, -0.1) is 11.3 Å². The van der Waals surface area contributed by atoms with Crippen molar-refractivity contribution in [3.8, 4) is 21.7 Å². The number of carbonyl (C=O) groups excluding carboxylic acids is 2. The minimum atomic E-state index is -0.947. The van der Waals surface area contributed by atoms with Crippen LogP contribution in [0.15, 0.2) is 48.5 Å². The summed E-state index contributed by atoms with van der Waals surface area (Å²) in [6.07, 6.45) is -0.226. The highest BCUT2D eigenvalue weighted by atomic mass is 35.5. The van der Waals surface area contributed by atoms with Crippen molar-refractivity contribution in [1.82, 2.24) is 19.7 Å². The number of anilines is 1. The zero-order valence-corrected chi connectivity index (χ0v) is 32.8. The topological polar surface area (TPSA) is 99.0 Å². The first-order valence-electron chi connectivity index (χ1n) is 17.8. The molecule has 2 unspecified atom stereocenters. The van der Waals surface area contributed by atoms with Crippen LogP contribution in [0.3, 0.4) is 0 Å². The molecule has 5 aromatic rings. The molecule has 1 amide bonds. The lowest BCUT2D eigenvalue weighted by atomic mass is 9.88. The lowest BCUT2D eigenvalue weighted by Gasteiger charge is -2.55. The summed E-state index contributed by atoms with van der Waals surface area (Å²) < 4.78 is 20.6. The van der Waals surface area contributed by atoms with Crippen LogP contribution in [0.5, 0.6) is 0 Å². The van der Waals surface area contributed by atoms with Gasteiger partial charge in [-0.1, -0.05) is 23.7 Å². The van der Waals surface area contributed by atoms with Crippen LogP contribution in [0.1, 0.15) is 72.1 Å². The van der Waals surface area contributed by atoms with Crippen LogP contribution in [0.4, 0.5) is 10.6 Å². The number of carbonyl (C=O) groups is 2. The van der Waals surface area contributed by atoms with Crippen LogP contribution < -0.4 is 4.90 Å². The number of thiazole rings is 1. The number of esters is 1. The predicted octanol–water partition coefficient (Wildman–Crippen LogP) is 9.10. The highest BCUT2D eigenvalue weighted by molar-refractivity contribution is 7.22. The molecule has 3 fully saturated rings. The minimum absolute atomic E-state index is 0.0857. The third kappa shape index (κ3) is 6.86. The van der Waals surface area contributed by atoms with Gasteiger partial charge in [0.2, 0.25) is 0 Å². The molecule has 3 aromatic carbocycles. The van der Waals surface area contributed by atoms with Crippen LogP contribution in [0.25, 0.3) is 42.8 Å². The van der Waals surface area contributed by atoms with Gasteiger partial charge in [0.15, 0.2) is 11.9 Å². The van der Waals surface area contributed by atoms with Crippen molar-refractivity contribution in [2.45, 2.75) is 91.2 Å². The average molecular weight is 744 g/mol. The van der Waals surface area contributed by atoms with Crippen molar-refractivity contribution < 1.29 is 23.8 Å². The Bertz CT molecular complexity index is 2170. The Morgan fingerprint density at radius 1 is 0.981 bits per heavy atom. The Morgan fingerprint density at radius 2 is 1.65 bits per heavy atom. The number of fused-ring (bicyclic) bond motifs is 4. The van der Waals surface area contributed by atoms with E-state index in [1.54, 1.807) is 18.3 Å². The van der Waals surface area contributed by atoms with Gasteiger partial charge in [0.05, 0.1) is 40.0 Å². The molecule has 0 aliphatic carbocycles. The summed E-state index contributed by atoms with van der Waals surface area (Å²) in [6, 6.07) is 16.2. The second kappa shape index (κ2) is 13.3. The van der Waals surface area contributed by atoms with Gasteiger partial charge in [0.25, 0.3) is 0 Å². The van der Waals surface area contributed by atoms with Crippen LogP contribution in [-0.2, 0) is 26.1 Å². The molecule has 3 aliphatic rings. The molecule has 0 spiro atoms. The van der Waals surface area contributed by atoms with Crippen molar-refractivity contribution in [2.24, 2.45) is 7.05 Å². The number of piperidine rings is 1. The molecule has 12 heteroatoms. The maximum absolute atomic E-state index is 13.6. The zero-order valence-electron chi connectivity index (χ0n) is 31.2. The average Bonchev–Trinajstić information content (AvgIpc) is 3.63. The zero-order chi connectivity index (χ0) is 37.3. The van der Waals surface area contributed by atoms with Crippen LogP contribution in [0.2, 0.25) is 5.02 Å². The Morgan fingerprint density at radius 3 is 2.29 bits per heavy atom. The summed E-state index contributed by atoms with van der Waals surface area (Å²) in [5.41, 5.74) is 5.08. The number of aryl methyl sites for hydroxylation is 2. The Balaban J connectivity index is 1.30. The van der Waals surface area contributed by atoms with Gasteiger partial charge in [-0.05, 0) is 109 Å². The van der Waals surface area contributed by atoms with Gasteiger partial charge in [0, 0.05) is 47.2 Å². The smallest absolute Gasteiger partial charge is 0.410 e. The first-order chi connectivity index (χ1) is 24.5. The fraction of sp³-hybridized carbons (Fsp3) is 0.450. The second-order valence-electron chi connectivity index (χ2n) is 15.7. The van der Waals surface area contributed by atoms with Crippen molar-refractivity contribution in [3.05, 3.63) is 64.7 Å². The molecule has 0 N–H and O–H groups in total. The van der Waals surface area contributed by atoms with Gasteiger partial charge in [-0.3, -0.25) is 9.58 Å². The van der Waals surface area contributed by atoms with Gasteiger partial charge < -0.3 is 19.1 Å². The summed E-state index contributed by atoms with van der Waals surface area (Å²) >= 11 is 7.93. The number of hydrogen-bond donors (Lipinski definition) is 0. The van der Waals surface area contributed by atoms with Crippen molar-refractivity contribution in [3.63, 3.8) is 0 Å². The summed E-state index contributed by atoms with van der Waals surface area (Å²) in [7, 11) is 1.96. The first kappa shape index (κ1) is 36.2. The highest BCUT2D eigenvalue weighted by Gasteiger charge is 2.49. The number of rotatable bonds is 7. The van der Waals surface area contributed by atoms with E-state index in [-0.39, 0.29) is 24.8 Å². The van der Waals surface area contributed by atoms with Crippen molar-refractivity contribution in [2.75, 3.05) is 24.6 Å². The van der Waals surface area contributed by atoms with E-state index in [0.717, 1.165) is 66.2 Å². The quantitative estimate of drug-likeness (QED) is 0.152. The molecule has 274 valence electrons. The maximum atomic E-state index is 13.6. The molecule has 2 bridgehead atoms. The van der Waals surface area contributed by atoms with Gasteiger partial charge in [-0.2, -0.15) is 5.10 Å². The number of aromatic nitrogens is 3. The maximum Gasteiger partial charge on any atom is 0.410 e. The molecule has 0 radical (unpaired) electrons.